The van der Waals surface area contributed by atoms with Crippen LogP contribution in [0.2, 0.25) is 0 Å². The Labute approximate surface area is 130 Å². The summed E-state index contributed by atoms with van der Waals surface area (Å²) in [6.45, 7) is 0.885. The van der Waals surface area contributed by atoms with E-state index >= 15 is 0 Å². The van der Waals surface area contributed by atoms with Gasteiger partial charge in [-0.3, -0.25) is 4.79 Å². The molecule has 124 valence electrons. The fourth-order valence-electron chi connectivity index (χ4n) is 2.27. The molecule has 0 amide bonds. The Bertz CT molecular complexity index is 681. The highest BCUT2D eigenvalue weighted by Gasteiger charge is 2.39. The normalized spacial score (nSPS) is 15.1. The lowest BCUT2D eigenvalue weighted by atomic mass is 9.86. The molecule has 0 fully saturated rings. The first-order chi connectivity index (χ1) is 10.8. The third-order valence-electron chi connectivity index (χ3n) is 3.54. The zero-order valence-corrected chi connectivity index (χ0v) is 12.3. The van der Waals surface area contributed by atoms with Gasteiger partial charge in [0, 0.05) is 17.7 Å². The standard InChI is InChI=1S/C14H16F2N4O3/c1-9(18-5-13(21)22)14(23,6-20-8-17-7-19-20)11-3-2-10(15)4-12(11)16/h2-4,7-9,18,23H,5-6H2,1H3,(H,21,22). The first-order valence-electron chi connectivity index (χ1n) is 6.78. The van der Waals surface area contributed by atoms with Crippen molar-refractivity contribution in [3.63, 3.8) is 0 Å². The van der Waals surface area contributed by atoms with E-state index in [0.29, 0.717) is 6.07 Å². The molecular weight excluding hydrogens is 310 g/mol. The molecule has 2 atom stereocenters. The van der Waals surface area contributed by atoms with Crippen LogP contribution in [0.4, 0.5) is 8.78 Å². The number of nitrogens with one attached hydrogen (secondary N) is 1. The van der Waals surface area contributed by atoms with Crippen molar-refractivity contribution in [2.45, 2.75) is 25.1 Å². The van der Waals surface area contributed by atoms with E-state index in [9.17, 15) is 18.7 Å². The quantitative estimate of drug-likeness (QED) is 0.685. The molecule has 0 bridgehead atoms. The molecule has 2 rings (SSSR count). The van der Waals surface area contributed by atoms with Crippen molar-refractivity contribution in [2.75, 3.05) is 6.54 Å². The van der Waals surface area contributed by atoms with Gasteiger partial charge in [0.05, 0.1) is 13.1 Å². The Morgan fingerprint density at radius 2 is 2.22 bits per heavy atom. The summed E-state index contributed by atoms with van der Waals surface area (Å²) in [5.41, 5.74) is -2.03. The predicted octanol–water partition coefficient (Wildman–Crippen LogP) is 0.507. The van der Waals surface area contributed by atoms with Crippen molar-refractivity contribution in [3.05, 3.63) is 48.1 Å². The molecule has 7 nitrogen and oxygen atoms in total. The molecule has 0 aliphatic carbocycles. The van der Waals surface area contributed by atoms with Crippen LogP contribution in [0.15, 0.2) is 30.9 Å². The molecule has 1 heterocycles. The number of halogens is 2. The Hall–Kier alpha value is -2.39. The number of aliphatic carboxylic acids is 1. The number of aliphatic hydroxyl groups is 1. The molecule has 0 saturated carbocycles. The Kier molecular flexibility index (Phi) is 5.02. The van der Waals surface area contributed by atoms with Gasteiger partial charge in [-0.2, -0.15) is 5.10 Å². The monoisotopic (exact) mass is 326 g/mol. The average molecular weight is 326 g/mol. The second kappa shape index (κ2) is 6.80. The third-order valence-corrected chi connectivity index (χ3v) is 3.54. The van der Waals surface area contributed by atoms with E-state index in [4.69, 9.17) is 5.11 Å². The number of rotatable bonds is 7. The Morgan fingerprint density at radius 3 is 2.78 bits per heavy atom. The van der Waals surface area contributed by atoms with Gasteiger partial charge >= 0.3 is 5.97 Å². The maximum Gasteiger partial charge on any atom is 0.317 e. The van der Waals surface area contributed by atoms with Gasteiger partial charge in [0.2, 0.25) is 0 Å². The molecule has 2 unspecified atom stereocenters. The fourth-order valence-corrected chi connectivity index (χ4v) is 2.27. The Morgan fingerprint density at radius 1 is 1.48 bits per heavy atom. The average Bonchev–Trinajstić information content (AvgIpc) is 2.97. The number of nitrogens with zero attached hydrogens (tertiary/aromatic N) is 3. The van der Waals surface area contributed by atoms with E-state index in [1.165, 1.54) is 24.3 Å². The highest BCUT2D eigenvalue weighted by atomic mass is 19.1. The SMILES string of the molecule is CC(NCC(=O)O)C(O)(Cn1cncn1)c1ccc(F)cc1F. The van der Waals surface area contributed by atoms with Crippen LogP contribution >= 0.6 is 0 Å². The molecular formula is C14H16F2N4O3. The summed E-state index contributed by atoms with van der Waals surface area (Å²) in [6.07, 6.45) is 2.58. The molecule has 0 saturated heterocycles. The van der Waals surface area contributed by atoms with Gasteiger partial charge in [-0.15, -0.1) is 0 Å². The third kappa shape index (κ3) is 3.88. The van der Waals surface area contributed by atoms with Crippen LogP contribution in [0.3, 0.4) is 0 Å². The molecule has 1 aromatic carbocycles. The number of carbonyl (C=O) groups is 1. The van der Waals surface area contributed by atoms with Crippen molar-refractivity contribution in [1.29, 1.82) is 0 Å². The van der Waals surface area contributed by atoms with Gasteiger partial charge in [-0.1, -0.05) is 6.07 Å². The molecule has 23 heavy (non-hydrogen) atoms. The molecule has 0 spiro atoms. The van der Waals surface area contributed by atoms with Crippen molar-refractivity contribution in [2.24, 2.45) is 0 Å². The lowest BCUT2D eigenvalue weighted by molar-refractivity contribution is -0.136. The van der Waals surface area contributed by atoms with E-state index in [0.717, 1.165) is 12.1 Å². The number of aromatic nitrogens is 3. The van der Waals surface area contributed by atoms with Crippen LogP contribution in [0.25, 0.3) is 0 Å². The summed E-state index contributed by atoms with van der Waals surface area (Å²) in [4.78, 5) is 14.4. The number of hydrogen-bond acceptors (Lipinski definition) is 5. The zero-order valence-electron chi connectivity index (χ0n) is 12.3. The minimum absolute atomic E-state index is 0.167. The second-order valence-electron chi connectivity index (χ2n) is 5.14. The lowest BCUT2D eigenvalue weighted by Gasteiger charge is -2.35. The maximum atomic E-state index is 14.1. The smallest absolute Gasteiger partial charge is 0.317 e. The Balaban J connectivity index is 2.38. The molecule has 9 heteroatoms. The number of carboxylic acid groups (broad SMARTS) is 1. The van der Waals surface area contributed by atoms with E-state index in [1.807, 2.05) is 0 Å². The van der Waals surface area contributed by atoms with E-state index < -0.39 is 35.8 Å². The van der Waals surface area contributed by atoms with Crippen molar-refractivity contribution >= 4 is 5.97 Å². The molecule has 1 aromatic heterocycles. The van der Waals surface area contributed by atoms with Crippen LogP contribution in [0.1, 0.15) is 12.5 Å². The predicted molar refractivity (Wildman–Crippen MR) is 75.4 cm³/mol. The lowest BCUT2D eigenvalue weighted by Crippen LogP contribution is -2.51. The van der Waals surface area contributed by atoms with Crippen LogP contribution in [-0.4, -0.2) is 43.5 Å². The summed E-state index contributed by atoms with van der Waals surface area (Å²) < 4.78 is 28.5. The molecule has 0 radical (unpaired) electrons. The topological polar surface area (TPSA) is 100 Å². The van der Waals surface area contributed by atoms with Gasteiger partial charge in [-0.05, 0) is 13.0 Å². The van der Waals surface area contributed by atoms with Gasteiger partial charge in [0.1, 0.15) is 29.9 Å². The summed E-state index contributed by atoms with van der Waals surface area (Å²) >= 11 is 0. The number of hydrogen-bond donors (Lipinski definition) is 3. The summed E-state index contributed by atoms with van der Waals surface area (Å²) in [7, 11) is 0. The molecule has 0 aliphatic heterocycles. The molecule has 0 aliphatic rings. The maximum absolute atomic E-state index is 14.1. The summed E-state index contributed by atoms with van der Waals surface area (Å²) in [6, 6.07) is 1.95. The van der Waals surface area contributed by atoms with E-state index in [2.05, 4.69) is 15.4 Å². The van der Waals surface area contributed by atoms with Gasteiger partial charge < -0.3 is 15.5 Å². The first-order valence-corrected chi connectivity index (χ1v) is 6.78. The van der Waals surface area contributed by atoms with Crippen LogP contribution in [0, 0.1) is 11.6 Å². The highest BCUT2D eigenvalue weighted by molar-refractivity contribution is 5.69. The van der Waals surface area contributed by atoms with E-state index in [1.54, 1.807) is 0 Å². The second-order valence-corrected chi connectivity index (χ2v) is 5.14. The van der Waals surface area contributed by atoms with Crippen molar-refractivity contribution in [1.82, 2.24) is 20.1 Å². The summed E-state index contributed by atoms with van der Waals surface area (Å²) in [5.74, 6) is -2.84. The first kappa shape index (κ1) is 17.0. The highest BCUT2D eigenvalue weighted by Crippen LogP contribution is 2.29. The van der Waals surface area contributed by atoms with Gasteiger partial charge in [0.15, 0.2) is 0 Å². The number of benzene rings is 1. The van der Waals surface area contributed by atoms with Crippen LogP contribution < -0.4 is 5.32 Å². The van der Waals surface area contributed by atoms with Crippen LogP contribution in [0.5, 0.6) is 0 Å². The van der Waals surface area contributed by atoms with Gasteiger partial charge in [0.25, 0.3) is 0 Å². The number of carboxylic acids is 1. The van der Waals surface area contributed by atoms with E-state index in [-0.39, 0.29) is 12.1 Å². The van der Waals surface area contributed by atoms with Gasteiger partial charge in [-0.25, -0.2) is 18.4 Å². The minimum Gasteiger partial charge on any atom is -0.480 e. The van der Waals surface area contributed by atoms with Crippen molar-refractivity contribution < 1.29 is 23.8 Å². The molecule has 2 aromatic rings. The molecule has 3 N–H and O–H groups in total. The largest absolute Gasteiger partial charge is 0.480 e. The minimum atomic E-state index is -1.86. The zero-order chi connectivity index (χ0) is 17.0. The van der Waals surface area contributed by atoms with Crippen molar-refractivity contribution in [3.8, 4) is 0 Å². The van der Waals surface area contributed by atoms with Crippen LogP contribution in [-0.2, 0) is 16.9 Å². The summed E-state index contributed by atoms with van der Waals surface area (Å²) in [5, 5.41) is 26.2. The fraction of sp³-hybridized carbons (Fsp3) is 0.357.